The van der Waals surface area contributed by atoms with Crippen molar-refractivity contribution >= 4 is 11.7 Å². The Bertz CT molecular complexity index is 362. The summed E-state index contributed by atoms with van der Waals surface area (Å²) in [5.74, 6) is -0.815. The maximum atomic E-state index is 10.8. The van der Waals surface area contributed by atoms with Crippen LogP contribution in [0.1, 0.15) is 11.5 Å². The molecular weight excluding hydrogens is 170 g/mol. The van der Waals surface area contributed by atoms with E-state index in [9.17, 15) is 4.79 Å². The SMILES string of the molecule is Nc1ccc2c(c1)C(C(=O)O)CO2. The van der Waals surface area contributed by atoms with Crippen molar-refractivity contribution in [1.29, 1.82) is 0 Å². The van der Waals surface area contributed by atoms with Crippen LogP contribution in [0, 0.1) is 0 Å². The second kappa shape index (κ2) is 2.65. The number of hydrogen-bond acceptors (Lipinski definition) is 3. The van der Waals surface area contributed by atoms with E-state index < -0.39 is 11.9 Å². The van der Waals surface area contributed by atoms with Crippen LogP contribution in [0.25, 0.3) is 0 Å². The van der Waals surface area contributed by atoms with Crippen LogP contribution in [0.5, 0.6) is 5.75 Å². The average Bonchev–Trinajstić information content (AvgIpc) is 2.46. The number of carboxylic acid groups (broad SMARTS) is 1. The second-order valence-electron chi connectivity index (χ2n) is 3.00. The molecule has 1 aromatic carbocycles. The molecule has 0 saturated carbocycles. The molecule has 0 aliphatic carbocycles. The van der Waals surface area contributed by atoms with Crippen LogP contribution in [0.15, 0.2) is 18.2 Å². The van der Waals surface area contributed by atoms with E-state index >= 15 is 0 Å². The number of aliphatic carboxylic acids is 1. The van der Waals surface area contributed by atoms with Crippen molar-refractivity contribution in [3.63, 3.8) is 0 Å². The predicted molar refractivity (Wildman–Crippen MR) is 46.7 cm³/mol. The minimum absolute atomic E-state index is 0.203. The van der Waals surface area contributed by atoms with Gasteiger partial charge in [-0.3, -0.25) is 4.79 Å². The third-order valence-corrected chi connectivity index (χ3v) is 2.11. The van der Waals surface area contributed by atoms with Gasteiger partial charge in [0.1, 0.15) is 18.3 Å². The predicted octanol–water partition coefficient (Wildman–Crippen LogP) is 0.829. The lowest BCUT2D eigenvalue weighted by Gasteiger charge is -2.02. The van der Waals surface area contributed by atoms with Crippen LogP contribution in [-0.4, -0.2) is 17.7 Å². The Kier molecular flexibility index (Phi) is 1.62. The van der Waals surface area contributed by atoms with Gasteiger partial charge >= 0.3 is 5.97 Å². The third-order valence-electron chi connectivity index (χ3n) is 2.11. The molecule has 1 aromatic rings. The zero-order valence-electron chi connectivity index (χ0n) is 6.86. The largest absolute Gasteiger partial charge is 0.492 e. The molecule has 1 aliphatic heterocycles. The fourth-order valence-corrected chi connectivity index (χ4v) is 1.44. The maximum Gasteiger partial charge on any atom is 0.314 e. The van der Waals surface area contributed by atoms with E-state index in [-0.39, 0.29) is 6.61 Å². The first-order valence-electron chi connectivity index (χ1n) is 3.93. The Balaban J connectivity index is 2.46. The highest BCUT2D eigenvalue weighted by Gasteiger charge is 2.29. The van der Waals surface area contributed by atoms with Crippen molar-refractivity contribution < 1.29 is 14.6 Å². The summed E-state index contributed by atoms with van der Waals surface area (Å²) in [6.45, 7) is 0.203. The number of hydrogen-bond donors (Lipinski definition) is 2. The fraction of sp³-hybridized carbons (Fsp3) is 0.222. The summed E-state index contributed by atoms with van der Waals surface area (Å²) in [7, 11) is 0. The first-order valence-corrected chi connectivity index (χ1v) is 3.93. The molecule has 1 heterocycles. The Morgan fingerprint density at radius 3 is 3.08 bits per heavy atom. The van der Waals surface area contributed by atoms with Crippen molar-refractivity contribution in [1.82, 2.24) is 0 Å². The molecule has 1 unspecified atom stereocenters. The molecule has 13 heavy (non-hydrogen) atoms. The van der Waals surface area contributed by atoms with E-state index in [1.807, 2.05) is 0 Å². The van der Waals surface area contributed by atoms with Crippen molar-refractivity contribution in [2.24, 2.45) is 0 Å². The minimum atomic E-state index is -0.871. The Labute approximate surface area is 74.9 Å². The van der Waals surface area contributed by atoms with Gasteiger partial charge < -0.3 is 15.6 Å². The number of fused-ring (bicyclic) bond motifs is 1. The first kappa shape index (κ1) is 7.91. The number of carboxylic acids is 1. The van der Waals surface area contributed by atoms with Crippen molar-refractivity contribution in [3.05, 3.63) is 23.8 Å². The van der Waals surface area contributed by atoms with Crippen LogP contribution >= 0.6 is 0 Å². The van der Waals surface area contributed by atoms with Gasteiger partial charge in [0, 0.05) is 11.3 Å². The second-order valence-corrected chi connectivity index (χ2v) is 3.00. The molecule has 0 spiro atoms. The molecular formula is C9H9NO3. The molecule has 0 aromatic heterocycles. The zero-order valence-corrected chi connectivity index (χ0v) is 6.86. The van der Waals surface area contributed by atoms with Gasteiger partial charge in [-0.15, -0.1) is 0 Å². The summed E-state index contributed by atoms with van der Waals surface area (Å²) < 4.78 is 5.19. The van der Waals surface area contributed by atoms with Gasteiger partial charge in [0.15, 0.2) is 0 Å². The summed E-state index contributed by atoms with van der Waals surface area (Å²) in [5, 5.41) is 8.83. The number of nitrogen functional groups attached to an aromatic ring is 1. The molecule has 1 atom stereocenters. The molecule has 3 N–H and O–H groups in total. The summed E-state index contributed by atoms with van der Waals surface area (Å²) in [6.07, 6.45) is 0. The summed E-state index contributed by atoms with van der Waals surface area (Å²) in [4.78, 5) is 10.8. The Hall–Kier alpha value is -1.71. The van der Waals surface area contributed by atoms with E-state index in [0.29, 0.717) is 17.0 Å². The van der Waals surface area contributed by atoms with E-state index in [4.69, 9.17) is 15.6 Å². The molecule has 0 amide bonds. The molecule has 4 heteroatoms. The molecule has 2 rings (SSSR count). The Morgan fingerprint density at radius 2 is 2.38 bits per heavy atom. The van der Waals surface area contributed by atoms with E-state index in [2.05, 4.69) is 0 Å². The number of carbonyl (C=O) groups is 1. The molecule has 0 saturated heterocycles. The molecule has 0 bridgehead atoms. The van der Waals surface area contributed by atoms with Gasteiger partial charge in [0.25, 0.3) is 0 Å². The lowest BCUT2D eigenvalue weighted by Crippen LogP contribution is -2.12. The standard InChI is InChI=1S/C9H9NO3/c10-5-1-2-8-6(3-5)7(4-13-8)9(11)12/h1-3,7H,4,10H2,(H,11,12). The summed E-state index contributed by atoms with van der Waals surface area (Å²) >= 11 is 0. The minimum Gasteiger partial charge on any atom is -0.492 e. The van der Waals surface area contributed by atoms with Crippen molar-refractivity contribution in [2.75, 3.05) is 12.3 Å². The molecule has 4 nitrogen and oxygen atoms in total. The fourth-order valence-electron chi connectivity index (χ4n) is 1.44. The molecule has 1 aliphatic rings. The van der Waals surface area contributed by atoms with E-state index in [0.717, 1.165) is 0 Å². The van der Waals surface area contributed by atoms with Crippen molar-refractivity contribution in [3.8, 4) is 5.75 Å². The normalized spacial score (nSPS) is 19.2. The highest BCUT2D eigenvalue weighted by Crippen LogP contribution is 2.35. The van der Waals surface area contributed by atoms with Crippen LogP contribution < -0.4 is 10.5 Å². The zero-order chi connectivity index (χ0) is 9.42. The lowest BCUT2D eigenvalue weighted by atomic mass is 10.0. The summed E-state index contributed by atoms with van der Waals surface area (Å²) in [6, 6.07) is 5.05. The maximum absolute atomic E-state index is 10.8. The quantitative estimate of drug-likeness (QED) is 0.626. The van der Waals surface area contributed by atoms with Crippen LogP contribution in [0.2, 0.25) is 0 Å². The lowest BCUT2D eigenvalue weighted by molar-refractivity contribution is -0.138. The monoisotopic (exact) mass is 179 g/mol. The van der Waals surface area contributed by atoms with Gasteiger partial charge in [0.2, 0.25) is 0 Å². The number of benzene rings is 1. The molecule has 0 fully saturated rings. The highest BCUT2D eigenvalue weighted by molar-refractivity contribution is 5.79. The molecule has 0 radical (unpaired) electrons. The molecule has 68 valence electrons. The average molecular weight is 179 g/mol. The van der Waals surface area contributed by atoms with E-state index in [1.165, 1.54) is 0 Å². The topological polar surface area (TPSA) is 72.6 Å². The number of anilines is 1. The van der Waals surface area contributed by atoms with Crippen LogP contribution in [-0.2, 0) is 4.79 Å². The van der Waals surface area contributed by atoms with Gasteiger partial charge in [-0.05, 0) is 18.2 Å². The van der Waals surface area contributed by atoms with Gasteiger partial charge in [-0.1, -0.05) is 0 Å². The van der Waals surface area contributed by atoms with Gasteiger partial charge in [-0.25, -0.2) is 0 Å². The number of ether oxygens (including phenoxy) is 1. The van der Waals surface area contributed by atoms with Crippen LogP contribution in [0.3, 0.4) is 0 Å². The van der Waals surface area contributed by atoms with Crippen molar-refractivity contribution in [2.45, 2.75) is 5.92 Å². The first-order chi connectivity index (χ1) is 6.18. The number of nitrogens with two attached hydrogens (primary N) is 1. The third kappa shape index (κ3) is 1.20. The highest BCUT2D eigenvalue weighted by atomic mass is 16.5. The smallest absolute Gasteiger partial charge is 0.314 e. The summed E-state index contributed by atoms with van der Waals surface area (Å²) in [5.41, 5.74) is 6.78. The number of rotatable bonds is 1. The van der Waals surface area contributed by atoms with Crippen LogP contribution in [0.4, 0.5) is 5.69 Å². The van der Waals surface area contributed by atoms with Gasteiger partial charge in [-0.2, -0.15) is 0 Å². The Morgan fingerprint density at radius 1 is 1.62 bits per heavy atom. The van der Waals surface area contributed by atoms with Gasteiger partial charge in [0.05, 0.1) is 0 Å². The van der Waals surface area contributed by atoms with E-state index in [1.54, 1.807) is 18.2 Å².